The summed E-state index contributed by atoms with van der Waals surface area (Å²) in [6.07, 6.45) is 2.76. The summed E-state index contributed by atoms with van der Waals surface area (Å²) in [5.74, 6) is -0.110. The number of hydrogen-bond acceptors (Lipinski definition) is 4. The maximum Gasteiger partial charge on any atom is 0.155 e. The highest BCUT2D eigenvalue weighted by Gasteiger charge is 2.33. The van der Waals surface area contributed by atoms with E-state index in [1.165, 1.54) is 11.3 Å². The molecule has 1 aromatic heterocycles. The number of nitrogens with zero attached hydrogens (tertiary/aromatic N) is 1. The molecule has 4 heteroatoms. The van der Waals surface area contributed by atoms with E-state index in [4.69, 9.17) is 10.00 Å². The Hall–Kier alpha value is -1.18. The SMILES string of the molecule is CCOC1CC(CC(=O)C(C#N)c2cccs2)C1. The highest BCUT2D eigenvalue weighted by atomic mass is 32.1. The van der Waals surface area contributed by atoms with E-state index in [1.54, 1.807) is 0 Å². The average molecular weight is 263 g/mol. The maximum atomic E-state index is 12.1. The monoisotopic (exact) mass is 263 g/mol. The summed E-state index contributed by atoms with van der Waals surface area (Å²) in [4.78, 5) is 12.9. The smallest absolute Gasteiger partial charge is 0.155 e. The van der Waals surface area contributed by atoms with Crippen LogP contribution in [0.4, 0.5) is 0 Å². The second-order valence-electron chi connectivity index (χ2n) is 4.66. The van der Waals surface area contributed by atoms with Gasteiger partial charge in [-0.15, -0.1) is 11.3 Å². The Balaban J connectivity index is 1.84. The normalized spacial score (nSPS) is 24.0. The molecule has 0 bridgehead atoms. The highest BCUT2D eigenvalue weighted by Crippen LogP contribution is 2.35. The van der Waals surface area contributed by atoms with Crippen LogP contribution in [0.15, 0.2) is 17.5 Å². The molecule has 3 nitrogen and oxygen atoms in total. The van der Waals surface area contributed by atoms with Crippen LogP contribution in [0.25, 0.3) is 0 Å². The van der Waals surface area contributed by atoms with Crippen LogP contribution < -0.4 is 0 Å². The van der Waals surface area contributed by atoms with Gasteiger partial charge < -0.3 is 4.74 Å². The lowest BCUT2D eigenvalue weighted by atomic mass is 9.77. The molecule has 0 aromatic carbocycles. The van der Waals surface area contributed by atoms with Gasteiger partial charge >= 0.3 is 0 Å². The van der Waals surface area contributed by atoms with Crippen molar-refractivity contribution in [3.05, 3.63) is 22.4 Å². The number of hydrogen-bond donors (Lipinski definition) is 0. The van der Waals surface area contributed by atoms with Gasteiger partial charge in [0.15, 0.2) is 5.78 Å². The van der Waals surface area contributed by atoms with Gasteiger partial charge in [-0.05, 0) is 37.1 Å². The fourth-order valence-electron chi connectivity index (χ4n) is 2.37. The maximum absolute atomic E-state index is 12.1. The van der Waals surface area contributed by atoms with E-state index in [0.29, 0.717) is 18.4 Å². The zero-order chi connectivity index (χ0) is 13.0. The molecule has 0 amide bonds. The Morgan fingerprint density at radius 3 is 3.00 bits per heavy atom. The molecule has 1 heterocycles. The summed E-state index contributed by atoms with van der Waals surface area (Å²) in [7, 11) is 0. The van der Waals surface area contributed by atoms with Gasteiger partial charge in [0.2, 0.25) is 0 Å². The van der Waals surface area contributed by atoms with Crippen molar-refractivity contribution < 1.29 is 9.53 Å². The number of carbonyl (C=O) groups is 1. The van der Waals surface area contributed by atoms with Crippen LogP contribution in [0.1, 0.15) is 37.0 Å². The molecule has 2 rings (SSSR count). The fourth-order valence-corrected chi connectivity index (χ4v) is 3.16. The van der Waals surface area contributed by atoms with Crippen molar-refractivity contribution in [1.82, 2.24) is 0 Å². The summed E-state index contributed by atoms with van der Waals surface area (Å²) in [6, 6.07) is 5.87. The lowest BCUT2D eigenvalue weighted by Crippen LogP contribution is -2.33. The molecule has 0 aliphatic heterocycles. The Bertz CT molecular complexity index is 429. The van der Waals surface area contributed by atoms with E-state index < -0.39 is 5.92 Å². The van der Waals surface area contributed by atoms with Crippen LogP contribution in [0.2, 0.25) is 0 Å². The molecule has 1 unspecified atom stereocenters. The van der Waals surface area contributed by atoms with Gasteiger partial charge in [-0.1, -0.05) is 6.07 Å². The summed E-state index contributed by atoms with van der Waals surface area (Å²) >= 11 is 1.48. The minimum atomic E-state index is -0.573. The first kappa shape index (κ1) is 13.3. The zero-order valence-corrected chi connectivity index (χ0v) is 11.3. The molecule has 1 aromatic rings. The summed E-state index contributed by atoms with van der Waals surface area (Å²) in [5, 5.41) is 11.0. The molecule has 0 radical (unpaired) electrons. The quantitative estimate of drug-likeness (QED) is 0.792. The minimum absolute atomic E-state index is 0.0555. The van der Waals surface area contributed by atoms with Crippen LogP contribution in [0, 0.1) is 17.2 Å². The van der Waals surface area contributed by atoms with Crippen molar-refractivity contribution in [2.45, 2.75) is 38.2 Å². The number of ketones is 1. The van der Waals surface area contributed by atoms with Crippen LogP contribution in [-0.2, 0) is 9.53 Å². The standard InChI is InChI=1S/C14H17NO2S/c1-2-17-11-6-10(7-11)8-13(16)12(9-15)14-4-3-5-18-14/h3-5,10-12H,2,6-8H2,1H3. The number of Topliss-reactive ketones (excluding diaryl/α,β-unsaturated/α-hetero) is 1. The third kappa shape index (κ3) is 2.98. The van der Waals surface area contributed by atoms with Gasteiger partial charge in [0.1, 0.15) is 5.92 Å². The third-order valence-corrected chi connectivity index (χ3v) is 4.30. The summed E-state index contributed by atoms with van der Waals surface area (Å²) < 4.78 is 5.47. The lowest BCUT2D eigenvalue weighted by Gasteiger charge is -2.34. The zero-order valence-electron chi connectivity index (χ0n) is 10.5. The van der Waals surface area contributed by atoms with Gasteiger partial charge in [-0.3, -0.25) is 4.79 Å². The molecular weight excluding hydrogens is 246 g/mol. The Kier molecular flexibility index (Phi) is 4.51. The topological polar surface area (TPSA) is 50.1 Å². The number of thiophene rings is 1. The van der Waals surface area contributed by atoms with Crippen LogP contribution in [0.3, 0.4) is 0 Å². The molecule has 1 aliphatic carbocycles. The Labute approximate surface area is 111 Å². The van der Waals surface area contributed by atoms with Crippen molar-refractivity contribution in [2.75, 3.05) is 6.61 Å². The highest BCUT2D eigenvalue weighted by molar-refractivity contribution is 7.10. The number of carbonyl (C=O) groups excluding carboxylic acids is 1. The van der Waals surface area contributed by atoms with E-state index in [9.17, 15) is 4.79 Å². The second-order valence-corrected chi connectivity index (χ2v) is 5.64. The van der Waals surface area contributed by atoms with Gasteiger partial charge in [0, 0.05) is 17.9 Å². The predicted octanol–water partition coefficient (Wildman–Crippen LogP) is 3.13. The van der Waals surface area contributed by atoms with E-state index in [1.807, 2.05) is 24.4 Å². The predicted molar refractivity (Wildman–Crippen MR) is 70.4 cm³/mol. The molecule has 0 saturated heterocycles. The van der Waals surface area contributed by atoms with Gasteiger partial charge in [-0.25, -0.2) is 0 Å². The first-order valence-electron chi connectivity index (χ1n) is 6.32. The largest absolute Gasteiger partial charge is 0.378 e. The van der Waals surface area contributed by atoms with Crippen LogP contribution >= 0.6 is 11.3 Å². The summed E-state index contributed by atoms with van der Waals surface area (Å²) in [6.45, 7) is 2.72. The number of rotatable bonds is 6. The van der Waals surface area contributed by atoms with E-state index in [2.05, 4.69) is 6.07 Å². The average Bonchev–Trinajstić information content (AvgIpc) is 2.81. The van der Waals surface area contributed by atoms with Crippen molar-refractivity contribution in [3.8, 4) is 6.07 Å². The first-order valence-corrected chi connectivity index (χ1v) is 7.19. The lowest BCUT2D eigenvalue weighted by molar-refractivity contribution is -0.122. The van der Waals surface area contributed by atoms with Gasteiger partial charge in [-0.2, -0.15) is 5.26 Å². The van der Waals surface area contributed by atoms with E-state index in [0.717, 1.165) is 24.3 Å². The molecule has 1 aliphatic rings. The van der Waals surface area contributed by atoms with Crippen molar-refractivity contribution in [3.63, 3.8) is 0 Å². The fraction of sp³-hybridized carbons (Fsp3) is 0.571. The molecule has 0 N–H and O–H groups in total. The van der Waals surface area contributed by atoms with Gasteiger partial charge in [0.25, 0.3) is 0 Å². The number of ether oxygens (including phenoxy) is 1. The van der Waals surface area contributed by atoms with Crippen molar-refractivity contribution in [1.29, 1.82) is 5.26 Å². The molecule has 96 valence electrons. The summed E-state index contributed by atoms with van der Waals surface area (Å²) in [5.41, 5.74) is 0. The van der Waals surface area contributed by atoms with E-state index in [-0.39, 0.29) is 5.78 Å². The van der Waals surface area contributed by atoms with Crippen molar-refractivity contribution in [2.24, 2.45) is 5.92 Å². The minimum Gasteiger partial charge on any atom is -0.378 e. The molecule has 0 spiro atoms. The number of nitriles is 1. The first-order chi connectivity index (χ1) is 8.74. The molecule has 1 saturated carbocycles. The molecule has 1 atom stereocenters. The Morgan fingerprint density at radius 2 is 2.44 bits per heavy atom. The van der Waals surface area contributed by atoms with Crippen LogP contribution in [-0.4, -0.2) is 18.5 Å². The van der Waals surface area contributed by atoms with E-state index >= 15 is 0 Å². The second kappa shape index (κ2) is 6.12. The third-order valence-electron chi connectivity index (χ3n) is 3.36. The Morgan fingerprint density at radius 1 is 1.67 bits per heavy atom. The van der Waals surface area contributed by atoms with Gasteiger partial charge in [0.05, 0.1) is 12.2 Å². The molecule has 1 fully saturated rings. The molecule has 18 heavy (non-hydrogen) atoms. The van der Waals surface area contributed by atoms with Crippen molar-refractivity contribution >= 4 is 17.1 Å². The molecular formula is C14H17NO2S. The van der Waals surface area contributed by atoms with Crippen LogP contribution in [0.5, 0.6) is 0 Å².